The summed E-state index contributed by atoms with van der Waals surface area (Å²) in [6.07, 6.45) is 4.44. The fourth-order valence-corrected chi connectivity index (χ4v) is 1.41. The van der Waals surface area contributed by atoms with Gasteiger partial charge in [0, 0.05) is 13.0 Å². The zero-order valence-electron chi connectivity index (χ0n) is 8.24. The highest BCUT2D eigenvalue weighted by atomic mass is 16.4. The number of oxime groups is 1. The SMILES string of the molecule is CN(CCC/C(N)=N/O)CC1CC1. The average molecular weight is 185 g/mol. The maximum atomic E-state index is 8.30. The molecule has 76 valence electrons. The molecule has 0 aromatic carbocycles. The summed E-state index contributed by atoms with van der Waals surface area (Å²) in [6, 6.07) is 0. The standard InChI is InChI=1S/C9H19N3O/c1-12(7-8-4-5-8)6-2-3-9(10)11-13/h8,13H,2-7H2,1H3,(H2,10,11). The van der Waals surface area contributed by atoms with Gasteiger partial charge in [-0.3, -0.25) is 0 Å². The predicted octanol–water partition coefficient (Wildman–Crippen LogP) is 0.855. The van der Waals surface area contributed by atoms with Crippen LogP contribution in [0.1, 0.15) is 25.7 Å². The van der Waals surface area contributed by atoms with Crippen LogP contribution in [0.4, 0.5) is 0 Å². The molecule has 0 atom stereocenters. The number of nitrogens with two attached hydrogens (primary N) is 1. The van der Waals surface area contributed by atoms with Crippen LogP contribution in [0.3, 0.4) is 0 Å². The van der Waals surface area contributed by atoms with Gasteiger partial charge in [0.15, 0.2) is 0 Å². The molecule has 0 heterocycles. The van der Waals surface area contributed by atoms with Crippen molar-refractivity contribution < 1.29 is 5.21 Å². The Morgan fingerprint density at radius 2 is 2.31 bits per heavy atom. The summed E-state index contributed by atoms with van der Waals surface area (Å²) in [6.45, 7) is 2.24. The zero-order chi connectivity index (χ0) is 9.68. The van der Waals surface area contributed by atoms with Crippen LogP contribution in [-0.4, -0.2) is 36.1 Å². The van der Waals surface area contributed by atoms with E-state index in [-0.39, 0.29) is 0 Å². The quantitative estimate of drug-likeness (QED) is 0.279. The third-order valence-electron chi connectivity index (χ3n) is 2.37. The molecule has 1 rings (SSSR count). The zero-order valence-corrected chi connectivity index (χ0v) is 8.24. The topological polar surface area (TPSA) is 61.8 Å². The van der Waals surface area contributed by atoms with Gasteiger partial charge in [0.05, 0.1) is 0 Å². The summed E-state index contributed by atoms with van der Waals surface area (Å²) in [5.41, 5.74) is 5.35. The van der Waals surface area contributed by atoms with E-state index in [2.05, 4.69) is 17.1 Å². The highest BCUT2D eigenvalue weighted by molar-refractivity contribution is 5.79. The second-order valence-electron chi connectivity index (χ2n) is 3.90. The summed E-state index contributed by atoms with van der Waals surface area (Å²) in [5.74, 6) is 1.27. The number of amidine groups is 1. The smallest absolute Gasteiger partial charge is 0.139 e. The van der Waals surface area contributed by atoms with Crippen molar-refractivity contribution >= 4 is 5.84 Å². The van der Waals surface area contributed by atoms with Crippen molar-refractivity contribution in [1.29, 1.82) is 0 Å². The lowest BCUT2D eigenvalue weighted by molar-refractivity contribution is 0.309. The lowest BCUT2D eigenvalue weighted by Crippen LogP contribution is -2.23. The molecule has 0 spiro atoms. The largest absolute Gasteiger partial charge is 0.409 e. The second kappa shape index (κ2) is 5.07. The minimum atomic E-state index is 0.333. The van der Waals surface area contributed by atoms with Crippen LogP contribution < -0.4 is 5.73 Å². The summed E-state index contributed by atoms with van der Waals surface area (Å²) in [4.78, 5) is 2.32. The molecule has 4 heteroatoms. The van der Waals surface area contributed by atoms with Gasteiger partial charge < -0.3 is 15.8 Å². The maximum Gasteiger partial charge on any atom is 0.139 e. The molecule has 0 bridgehead atoms. The number of nitrogens with zero attached hydrogens (tertiary/aromatic N) is 2. The third-order valence-corrected chi connectivity index (χ3v) is 2.37. The van der Waals surface area contributed by atoms with Crippen LogP contribution in [-0.2, 0) is 0 Å². The van der Waals surface area contributed by atoms with Gasteiger partial charge in [-0.1, -0.05) is 5.16 Å². The Morgan fingerprint density at radius 3 is 2.85 bits per heavy atom. The molecule has 4 nitrogen and oxygen atoms in total. The first kappa shape index (κ1) is 10.3. The Hall–Kier alpha value is -0.770. The van der Waals surface area contributed by atoms with E-state index in [9.17, 15) is 0 Å². The van der Waals surface area contributed by atoms with E-state index in [1.54, 1.807) is 0 Å². The Kier molecular flexibility index (Phi) is 4.02. The van der Waals surface area contributed by atoms with Crippen molar-refractivity contribution in [2.75, 3.05) is 20.1 Å². The summed E-state index contributed by atoms with van der Waals surface area (Å²) < 4.78 is 0. The van der Waals surface area contributed by atoms with Crippen LogP contribution >= 0.6 is 0 Å². The second-order valence-corrected chi connectivity index (χ2v) is 3.90. The van der Waals surface area contributed by atoms with E-state index in [0.717, 1.165) is 18.9 Å². The first-order valence-corrected chi connectivity index (χ1v) is 4.87. The van der Waals surface area contributed by atoms with Gasteiger partial charge in [-0.2, -0.15) is 0 Å². The normalized spacial score (nSPS) is 18.2. The molecule has 0 aromatic rings. The molecule has 1 aliphatic carbocycles. The lowest BCUT2D eigenvalue weighted by Gasteiger charge is -2.15. The van der Waals surface area contributed by atoms with Crippen molar-refractivity contribution in [2.24, 2.45) is 16.8 Å². The van der Waals surface area contributed by atoms with Crippen LogP contribution in [0.2, 0.25) is 0 Å². The summed E-state index contributed by atoms with van der Waals surface area (Å²) >= 11 is 0. The Balaban J connectivity index is 1.97. The van der Waals surface area contributed by atoms with Gasteiger partial charge >= 0.3 is 0 Å². The van der Waals surface area contributed by atoms with Crippen LogP contribution in [0.5, 0.6) is 0 Å². The van der Waals surface area contributed by atoms with Crippen molar-refractivity contribution in [2.45, 2.75) is 25.7 Å². The molecule has 0 unspecified atom stereocenters. The molecule has 13 heavy (non-hydrogen) atoms. The van der Waals surface area contributed by atoms with Crippen molar-refractivity contribution in [1.82, 2.24) is 4.90 Å². The average Bonchev–Trinajstić information content (AvgIpc) is 2.88. The van der Waals surface area contributed by atoms with Gasteiger partial charge in [0.25, 0.3) is 0 Å². The van der Waals surface area contributed by atoms with E-state index in [0.29, 0.717) is 12.3 Å². The van der Waals surface area contributed by atoms with Crippen molar-refractivity contribution in [3.05, 3.63) is 0 Å². The molecular weight excluding hydrogens is 166 g/mol. The van der Waals surface area contributed by atoms with Crippen LogP contribution in [0.25, 0.3) is 0 Å². The highest BCUT2D eigenvalue weighted by Crippen LogP contribution is 2.29. The number of hydrogen-bond donors (Lipinski definition) is 2. The first-order valence-electron chi connectivity index (χ1n) is 4.87. The van der Waals surface area contributed by atoms with Gasteiger partial charge in [-0.25, -0.2) is 0 Å². The van der Waals surface area contributed by atoms with E-state index in [4.69, 9.17) is 10.9 Å². The van der Waals surface area contributed by atoms with Crippen LogP contribution in [0.15, 0.2) is 5.16 Å². The fraction of sp³-hybridized carbons (Fsp3) is 0.889. The van der Waals surface area contributed by atoms with Gasteiger partial charge in [-0.15, -0.1) is 0 Å². The Morgan fingerprint density at radius 1 is 1.62 bits per heavy atom. The minimum Gasteiger partial charge on any atom is -0.409 e. The summed E-state index contributed by atoms with van der Waals surface area (Å²) in [7, 11) is 2.13. The molecule has 1 aliphatic rings. The van der Waals surface area contributed by atoms with Crippen molar-refractivity contribution in [3.8, 4) is 0 Å². The minimum absolute atomic E-state index is 0.333. The highest BCUT2D eigenvalue weighted by Gasteiger charge is 2.22. The van der Waals surface area contributed by atoms with Gasteiger partial charge in [-0.05, 0) is 38.8 Å². The fourth-order valence-electron chi connectivity index (χ4n) is 1.41. The van der Waals surface area contributed by atoms with Crippen molar-refractivity contribution in [3.63, 3.8) is 0 Å². The van der Waals surface area contributed by atoms with Gasteiger partial charge in [0.2, 0.25) is 0 Å². The third kappa shape index (κ3) is 4.72. The lowest BCUT2D eigenvalue weighted by atomic mass is 10.2. The first-order chi connectivity index (χ1) is 6.22. The molecule has 0 aromatic heterocycles. The summed E-state index contributed by atoms with van der Waals surface area (Å²) in [5, 5.41) is 11.2. The van der Waals surface area contributed by atoms with E-state index in [1.807, 2.05) is 0 Å². The molecule has 0 saturated heterocycles. The molecule has 1 saturated carbocycles. The molecule has 0 radical (unpaired) electrons. The Labute approximate surface area is 79.4 Å². The molecular formula is C9H19N3O. The number of rotatable bonds is 6. The van der Waals surface area contributed by atoms with E-state index >= 15 is 0 Å². The monoisotopic (exact) mass is 185 g/mol. The Bertz CT molecular complexity index is 178. The van der Waals surface area contributed by atoms with E-state index < -0.39 is 0 Å². The molecule has 1 fully saturated rings. The number of hydrogen-bond acceptors (Lipinski definition) is 3. The van der Waals surface area contributed by atoms with Gasteiger partial charge in [0.1, 0.15) is 5.84 Å². The van der Waals surface area contributed by atoms with E-state index in [1.165, 1.54) is 19.4 Å². The predicted molar refractivity (Wildman–Crippen MR) is 52.9 cm³/mol. The van der Waals surface area contributed by atoms with Crippen LogP contribution in [0, 0.1) is 5.92 Å². The molecule has 0 amide bonds. The molecule has 3 N–H and O–H groups in total. The molecule has 0 aliphatic heterocycles. The maximum absolute atomic E-state index is 8.30.